The minimum Gasteiger partial charge on any atom is -0.493 e. The molecule has 0 aliphatic carbocycles. The van der Waals surface area contributed by atoms with Crippen LogP contribution in [0.3, 0.4) is 0 Å². The molecule has 0 fully saturated rings. The minimum atomic E-state index is -0.711. The number of methoxy groups -OCH3 is 4. The highest BCUT2D eigenvalue weighted by atomic mass is 16.5. The Labute approximate surface area is 128 Å². The van der Waals surface area contributed by atoms with Crippen molar-refractivity contribution in [3.8, 4) is 11.5 Å². The molecule has 0 unspecified atom stereocenters. The molecule has 6 nitrogen and oxygen atoms in total. The second kappa shape index (κ2) is 7.87. The Morgan fingerprint density at radius 2 is 1.55 bits per heavy atom. The lowest BCUT2D eigenvalue weighted by Crippen LogP contribution is -2.14. The van der Waals surface area contributed by atoms with Gasteiger partial charge < -0.3 is 18.9 Å². The summed E-state index contributed by atoms with van der Waals surface area (Å²) >= 11 is 0. The molecule has 0 aliphatic rings. The maximum absolute atomic E-state index is 11.8. The van der Waals surface area contributed by atoms with E-state index in [9.17, 15) is 9.59 Å². The Bertz CT molecular complexity index is 615. The van der Waals surface area contributed by atoms with Crippen molar-refractivity contribution in [1.29, 1.82) is 0 Å². The zero-order chi connectivity index (χ0) is 16.7. The van der Waals surface area contributed by atoms with Gasteiger partial charge in [0.25, 0.3) is 0 Å². The fourth-order valence-electron chi connectivity index (χ4n) is 1.72. The average molecular weight is 306 g/mol. The quantitative estimate of drug-likeness (QED) is 0.455. The van der Waals surface area contributed by atoms with Crippen LogP contribution in [0.4, 0.5) is 0 Å². The van der Waals surface area contributed by atoms with E-state index in [0.717, 1.165) is 0 Å². The number of benzene rings is 1. The molecule has 0 saturated carbocycles. The highest BCUT2D eigenvalue weighted by Gasteiger charge is 2.20. The molecule has 0 radical (unpaired) electrons. The Hall–Kier alpha value is -2.76. The number of hydrogen-bond acceptors (Lipinski definition) is 6. The number of esters is 2. The molecule has 22 heavy (non-hydrogen) atoms. The first-order valence-electron chi connectivity index (χ1n) is 6.28. The van der Waals surface area contributed by atoms with E-state index >= 15 is 0 Å². The molecule has 0 amide bonds. The molecular formula is C16H18O6. The van der Waals surface area contributed by atoms with E-state index in [4.69, 9.17) is 9.47 Å². The summed E-state index contributed by atoms with van der Waals surface area (Å²) in [7, 11) is 5.44. The van der Waals surface area contributed by atoms with Gasteiger partial charge in [0.15, 0.2) is 11.5 Å². The molecule has 0 spiro atoms. The van der Waals surface area contributed by atoms with Crippen molar-refractivity contribution >= 4 is 18.0 Å². The molecule has 118 valence electrons. The molecule has 0 atom stereocenters. The molecular weight excluding hydrogens is 288 g/mol. The first-order chi connectivity index (χ1) is 10.5. The molecule has 1 aromatic rings. The summed E-state index contributed by atoms with van der Waals surface area (Å²) in [6.07, 6.45) is 1.47. The minimum absolute atomic E-state index is 0.00145. The number of ether oxygens (including phenoxy) is 4. The van der Waals surface area contributed by atoms with Crippen LogP contribution in [0, 0.1) is 0 Å². The maximum atomic E-state index is 11.8. The fourth-order valence-corrected chi connectivity index (χ4v) is 1.72. The topological polar surface area (TPSA) is 71.1 Å². The van der Waals surface area contributed by atoms with Crippen LogP contribution in [0.1, 0.15) is 5.56 Å². The molecule has 0 N–H and O–H groups in total. The standard InChI is InChI=1S/C16H18O6/c1-10(15(17)21-4)12(16(18)22-5)8-11-6-7-13(19-2)14(9-11)20-3/h6-9H,1H2,2-5H3/b12-8+. The number of carbonyl (C=O) groups excluding carboxylic acids is 2. The van der Waals surface area contributed by atoms with Crippen molar-refractivity contribution in [1.82, 2.24) is 0 Å². The van der Waals surface area contributed by atoms with Crippen LogP contribution in [-0.4, -0.2) is 40.4 Å². The van der Waals surface area contributed by atoms with Crippen molar-refractivity contribution in [3.05, 3.63) is 41.5 Å². The second-order valence-corrected chi connectivity index (χ2v) is 4.13. The molecule has 0 heterocycles. The molecule has 0 saturated heterocycles. The van der Waals surface area contributed by atoms with Gasteiger partial charge in [-0.25, -0.2) is 9.59 Å². The van der Waals surface area contributed by atoms with Gasteiger partial charge in [-0.1, -0.05) is 12.6 Å². The first kappa shape index (κ1) is 17.3. The lowest BCUT2D eigenvalue weighted by atomic mass is 10.0. The van der Waals surface area contributed by atoms with Crippen LogP contribution in [0.15, 0.2) is 35.9 Å². The van der Waals surface area contributed by atoms with E-state index < -0.39 is 11.9 Å². The lowest BCUT2D eigenvalue weighted by Gasteiger charge is -2.10. The first-order valence-corrected chi connectivity index (χ1v) is 6.28. The largest absolute Gasteiger partial charge is 0.493 e. The van der Waals surface area contributed by atoms with Crippen LogP contribution >= 0.6 is 0 Å². The Morgan fingerprint density at radius 3 is 2.05 bits per heavy atom. The summed E-state index contributed by atoms with van der Waals surface area (Å²) in [5.74, 6) is -0.363. The fraction of sp³-hybridized carbons (Fsp3) is 0.250. The Kier molecular flexibility index (Phi) is 6.19. The summed E-state index contributed by atoms with van der Waals surface area (Å²) in [6.45, 7) is 3.57. The molecule has 1 aromatic carbocycles. The van der Waals surface area contributed by atoms with E-state index in [1.807, 2.05) is 0 Å². The zero-order valence-electron chi connectivity index (χ0n) is 13.0. The van der Waals surface area contributed by atoms with Crippen LogP contribution in [-0.2, 0) is 19.1 Å². The highest BCUT2D eigenvalue weighted by Crippen LogP contribution is 2.29. The monoisotopic (exact) mass is 306 g/mol. The zero-order valence-corrected chi connectivity index (χ0v) is 13.0. The highest BCUT2D eigenvalue weighted by molar-refractivity contribution is 6.09. The third-order valence-electron chi connectivity index (χ3n) is 2.88. The molecule has 0 aliphatic heterocycles. The van der Waals surface area contributed by atoms with E-state index in [2.05, 4.69) is 16.1 Å². The van der Waals surface area contributed by atoms with Crippen LogP contribution < -0.4 is 9.47 Å². The van der Waals surface area contributed by atoms with Gasteiger partial charge in [-0.05, 0) is 23.8 Å². The van der Waals surface area contributed by atoms with Gasteiger partial charge in [-0.2, -0.15) is 0 Å². The van der Waals surface area contributed by atoms with E-state index in [1.165, 1.54) is 34.5 Å². The maximum Gasteiger partial charge on any atom is 0.338 e. The number of carbonyl (C=O) groups is 2. The Morgan fingerprint density at radius 1 is 0.955 bits per heavy atom. The summed E-state index contributed by atoms with van der Waals surface area (Å²) in [5.41, 5.74) is 0.522. The van der Waals surface area contributed by atoms with Gasteiger partial charge in [0.1, 0.15) is 0 Å². The van der Waals surface area contributed by atoms with Crippen molar-refractivity contribution in [2.75, 3.05) is 28.4 Å². The van der Waals surface area contributed by atoms with Gasteiger partial charge in [0.2, 0.25) is 0 Å². The van der Waals surface area contributed by atoms with Crippen molar-refractivity contribution in [3.63, 3.8) is 0 Å². The smallest absolute Gasteiger partial charge is 0.338 e. The SMILES string of the molecule is C=C(C(=O)OC)/C(=C\c1ccc(OC)c(OC)c1)C(=O)OC. The molecule has 0 bridgehead atoms. The van der Waals surface area contributed by atoms with Crippen LogP contribution in [0.2, 0.25) is 0 Å². The normalized spacial score (nSPS) is 10.6. The van der Waals surface area contributed by atoms with Crippen LogP contribution in [0.25, 0.3) is 6.08 Å². The summed E-state index contributed by atoms with van der Waals surface area (Å²) < 4.78 is 19.6. The third kappa shape index (κ3) is 3.88. The molecule has 1 rings (SSSR count). The predicted octanol–water partition coefficient (Wildman–Crippen LogP) is 1.99. The van der Waals surface area contributed by atoms with Crippen molar-refractivity contribution in [2.24, 2.45) is 0 Å². The number of rotatable bonds is 6. The van der Waals surface area contributed by atoms with Crippen molar-refractivity contribution in [2.45, 2.75) is 0 Å². The number of hydrogen-bond donors (Lipinski definition) is 0. The van der Waals surface area contributed by atoms with Gasteiger partial charge >= 0.3 is 11.9 Å². The summed E-state index contributed by atoms with van der Waals surface area (Å²) in [6, 6.07) is 5.04. The van der Waals surface area contributed by atoms with Crippen molar-refractivity contribution < 1.29 is 28.5 Å². The van der Waals surface area contributed by atoms with Gasteiger partial charge in [0, 0.05) is 0 Å². The summed E-state index contributed by atoms with van der Waals surface area (Å²) in [4.78, 5) is 23.4. The second-order valence-electron chi connectivity index (χ2n) is 4.13. The van der Waals surface area contributed by atoms with E-state index in [1.54, 1.807) is 18.2 Å². The van der Waals surface area contributed by atoms with E-state index in [0.29, 0.717) is 17.1 Å². The predicted molar refractivity (Wildman–Crippen MR) is 80.7 cm³/mol. The van der Waals surface area contributed by atoms with Gasteiger partial charge in [0.05, 0.1) is 39.6 Å². The van der Waals surface area contributed by atoms with Gasteiger partial charge in [-0.15, -0.1) is 0 Å². The molecule has 0 aromatic heterocycles. The van der Waals surface area contributed by atoms with Crippen LogP contribution in [0.5, 0.6) is 11.5 Å². The van der Waals surface area contributed by atoms with Gasteiger partial charge in [-0.3, -0.25) is 0 Å². The average Bonchev–Trinajstić information content (AvgIpc) is 2.57. The summed E-state index contributed by atoms with van der Waals surface area (Å²) in [5, 5.41) is 0. The Balaban J connectivity index is 3.30. The lowest BCUT2D eigenvalue weighted by molar-refractivity contribution is -0.139. The molecule has 6 heteroatoms. The third-order valence-corrected chi connectivity index (χ3v) is 2.88. The van der Waals surface area contributed by atoms with E-state index in [-0.39, 0.29) is 11.1 Å².